The second-order valence-electron chi connectivity index (χ2n) is 5.16. The summed E-state index contributed by atoms with van der Waals surface area (Å²) in [6.45, 7) is 2.45. The van der Waals surface area contributed by atoms with Crippen LogP contribution in [0.25, 0.3) is 0 Å². The number of amides is 1. The number of para-hydroxylation sites is 1. The van der Waals surface area contributed by atoms with E-state index in [1.807, 2.05) is 24.3 Å². The van der Waals surface area contributed by atoms with Crippen molar-refractivity contribution in [2.24, 2.45) is 0 Å². The summed E-state index contributed by atoms with van der Waals surface area (Å²) in [5.41, 5.74) is 2.34. The lowest BCUT2D eigenvalue weighted by Gasteiger charge is -2.08. The van der Waals surface area contributed by atoms with Gasteiger partial charge < -0.3 is 10.1 Å². The Kier molecular flexibility index (Phi) is 5.43. The monoisotopic (exact) mass is 314 g/mol. The number of nitrogens with zero attached hydrogens (tertiary/aromatic N) is 1. The van der Waals surface area contributed by atoms with Gasteiger partial charge in [0.2, 0.25) is 0 Å². The summed E-state index contributed by atoms with van der Waals surface area (Å²) in [5, 5.41) is 13.8. The van der Waals surface area contributed by atoms with Gasteiger partial charge in [-0.05, 0) is 24.1 Å². The van der Waals surface area contributed by atoms with Crippen LogP contribution in [0, 0.1) is 17.0 Å². The molecular weight excluding hydrogens is 296 g/mol. The molecule has 0 aliphatic heterocycles. The van der Waals surface area contributed by atoms with E-state index in [2.05, 4.69) is 5.32 Å². The molecule has 2 rings (SSSR count). The average molecular weight is 314 g/mol. The third-order valence-corrected chi connectivity index (χ3v) is 3.45. The van der Waals surface area contributed by atoms with Crippen LogP contribution in [0.2, 0.25) is 0 Å². The summed E-state index contributed by atoms with van der Waals surface area (Å²) in [5.74, 6) is -0.457. The molecular formula is C17H18N2O4. The molecule has 1 amide bonds. The summed E-state index contributed by atoms with van der Waals surface area (Å²) in [4.78, 5) is 22.8. The Morgan fingerprint density at radius 2 is 1.83 bits per heavy atom. The Morgan fingerprint density at radius 3 is 2.43 bits per heavy atom. The Bertz CT molecular complexity index is 711. The number of nitro benzene ring substituents is 1. The maximum Gasteiger partial charge on any atom is 0.285 e. The van der Waals surface area contributed by atoms with Crippen LogP contribution < -0.4 is 5.32 Å². The first kappa shape index (κ1) is 16.6. The molecule has 0 radical (unpaired) electrons. The fourth-order valence-corrected chi connectivity index (χ4v) is 2.28. The van der Waals surface area contributed by atoms with Gasteiger partial charge in [0.25, 0.3) is 11.6 Å². The minimum Gasteiger partial charge on any atom is -0.380 e. The van der Waals surface area contributed by atoms with Crippen LogP contribution in [-0.2, 0) is 17.9 Å². The standard InChI is InChI=1S/C17H18N2O4/c1-12-4-3-5-15(16(12)19(21)22)17(20)18-10-13-6-8-14(9-7-13)11-23-2/h3-9H,10-11H2,1-2H3,(H,18,20). The third kappa shape index (κ3) is 4.14. The van der Waals surface area contributed by atoms with Gasteiger partial charge in [-0.1, -0.05) is 36.4 Å². The van der Waals surface area contributed by atoms with Gasteiger partial charge >= 0.3 is 0 Å². The number of aryl methyl sites for hydroxylation is 1. The number of methoxy groups -OCH3 is 1. The molecule has 23 heavy (non-hydrogen) atoms. The van der Waals surface area contributed by atoms with E-state index < -0.39 is 10.8 Å². The first-order valence-electron chi connectivity index (χ1n) is 7.12. The molecule has 0 heterocycles. The molecule has 0 unspecified atom stereocenters. The number of hydrogen-bond donors (Lipinski definition) is 1. The smallest absolute Gasteiger partial charge is 0.285 e. The molecule has 0 saturated carbocycles. The molecule has 0 aliphatic rings. The molecule has 1 N–H and O–H groups in total. The highest BCUT2D eigenvalue weighted by molar-refractivity contribution is 5.98. The number of nitro groups is 1. The number of benzene rings is 2. The van der Waals surface area contributed by atoms with Crippen molar-refractivity contribution >= 4 is 11.6 Å². The zero-order valence-electron chi connectivity index (χ0n) is 13.0. The quantitative estimate of drug-likeness (QED) is 0.656. The van der Waals surface area contributed by atoms with Crippen LogP contribution in [-0.4, -0.2) is 17.9 Å². The fourth-order valence-electron chi connectivity index (χ4n) is 2.28. The van der Waals surface area contributed by atoms with Gasteiger partial charge in [0, 0.05) is 19.2 Å². The van der Waals surface area contributed by atoms with Gasteiger partial charge in [-0.15, -0.1) is 0 Å². The zero-order valence-corrected chi connectivity index (χ0v) is 13.0. The van der Waals surface area contributed by atoms with Gasteiger partial charge in [0.05, 0.1) is 11.5 Å². The molecule has 0 spiro atoms. The Balaban J connectivity index is 2.08. The number of ether oxygens (including phenoxy) is 1. The molecule has 0 bridgehead atoms. The Hall–Kier alpha value is -2.73. The number of rotatable bonds is 6. The molecule has 0 saturated heterocycles. The first-order valence-corrected chi connectivity index (χ1v) is 7.12. The summed E-state index contributed by atoms with van der Waals surface area (Å²) < 4.78 is 5.04. The molecule has 0 aromatic heterocycles. The third-order valence-electron chi connectivity index (χ3n) is 3.45. The molecule has 2 aromatic rings. The molecule has 0 atom stereocenters. The Morgan fingerprint density at radius 1 is 1.17 bits per heavy atom. The number of hydrogen-bond acceptors (Lipinski definition) is 4. The van der Waals surface area contributed by atoms with E-state index in [0.29, 0.717) is 18.7 Å². The van der Waals surface area contributed by atoms with Gasteiger partial charge in [-0.3, -0.25) is 14.9 Å². The Labute approximate surface area is 134 Å². The summed E-state index contributed by atoms with van der Waals surface area (Å²) in [6.07, 6.45) is 0. The molecule has 6 nitrogen and oxygen atoms in total. The molecule has 2 aromatic carbocycles. The van der Waals surface area contributed by atoms with Crippen LogP contribution in [0.1, 0.15) is 27.0 Å². The average Bonchev–Trinajstić information content (AvgIpc) is 2.53. The van der Waals surface area contributed by atoms with E-state index in [1.54, 1.807) is 26.2 Å². The minimum atomic E-state index is -0.524. The van der Waals surface area contributed by atoms with Crippen molar-refractivity contribution < 1.29 is 14.5 Å². The van der Waals surface area contributed by atoms with Crippen LogP contribution >= 0.6 is 0 Å². The normalized spacial score (nSPS) is 10.3. The molecule has 120 valence electrons. The van der Waals surface area contributed by atoms with E-state index in [9.17, 15) is 14.9 Å². The zero-order chi connectivity index (χ0) is 16.8. The highest BCUT2D eigenvalue weighted by Crippen LogP contribution is 2.22. The highest BCUT2D eigenvalue weighted by atomic mass is 16.6. The van der Waals surface area contributed by atoms with E-state index in [-0.39, 0.29) is 11.3 Å². The predicted octanol–water partition coefficient (Wildman–Crippen LogP) is 2.98. The summed E-state index contributed by atoms with van der Waals surface area (Å²) >= 11 is 0. The van der Waals surface area contributed by atoms with Gasteiger partial charge in [0.15, 0.2) is 0 Å². The van der Waals surface area contributed by atoms with Gasteiger partial charge in [-0.25, -0.2) is 0 Å². The predicted molar refractivity (Wildman–Crippen MR) is 86.2 cm³/mol. The molecule has 0 fully saturated rings. The topological polar surface area (TPSA) is 81.5 Å². The van der Waals surface area contributed by atoms with Crippen LogP contribution in [0.15, 0.2) is 42.5 Å². The molecule has 6 heteroatoms. The highest BCUT2D eigenvalue weighted by Gasteiger charge is 2.21. The second-order valence-corrected chi connectivity index (χ2v) is 5.16. The molecule has 0 aliphatic carbocycles. The largest absolute Gasteiger partial charge is 0.380 e. The minimum absolute atomic E-state index is 0.0750. The van der Waals surface area contributed by atoms with Crippen LogP contribution in [0.5, 0.6) is 0 Å². The van der Waals surface area contributed by atoms with E-state index >= 15 is 0 Å². The summed E-state index contributed by atoms with van der Waals surface area (Å²) in [6, 6.07) is 12.3. The maximum atomic E-state index is 12.2. The van der Waals surface area contributed by atoms with Crippen molar-refractivity contribution in [1.82, 2.24) is 5.32 Å². The van der Waals surface area contributed by atoms with E-state index in [0.717, 1.165) is 11.1 Å². The lowest BCUT2D eigenvalue weighted by molar-refractivity contribution is -0.385. The van der Waals surface area contributed by atoms with Crippen molar-refractivity contribution in [3.8, 4) is 0 Å². The maximum absolute atomic E-state index is 12.2. The van der Waals surface area contributed by atoms with Crippen LogP contribution in [0.4, 0.5) is 5.69 Å². The van der Waals surface area contributed by atoms with Crippen molar-refractivity contribution in [1.29, 1.82) is 0 Å². The summed E-state index contributed by atoms with van der Waals surface area (Å²) in [7, 11) is 1.63. The lowest BCUT2D eigenvalue weighted by Crippen LogP contribution is -2.24. The SMILES string of the molecule is COCc1ccc(CNC(=O)c2cccc(C)c2[N+](=O)[O-])cc1. The van der Waals surface area contributed by atoms with E-state index in [1.165, 1.54) is 6.07 Å². The second kappa shape index (κ2) is 7.51. The van der Waals surface area contributed by atoms with Gasteiger partial charge in [-0.2, -0.15) is 0 Å². The van der Waals surface area contributed by atoms with Crippen molar-refractivity contribution in [2.75, 3.05) is 7.11 Å². The van der Waals surface area contributed by atoms with Crippen LogP contribution in [0.3, 0.4) is 0 Å². The first-order chi connectivity index (χ1) is 11.0. The van der Waals surface area contributed by atoms with Gasteiger partial charge in [0.1, 0.15) is 5.56 Å². The van der Waals surface area contributed by atoms with Crippen molar-refractivity contribution in [3.05, 3.63) is 74.8 Å². The number of carbonyl (C=O) groups is 1. The number of carbonyl (C=O) groups excluding carboxylic acids is 1. The van der Waals surface area contributed by atoms with Crippen molar-refractivity contribution in [3.63, 3.8) is 0 Å². The fraction of sp³-hybridized carbons (Fsp3) is 0.235. The van der Waals surface area contributed by atoms with Crippen molar-refractivity contribution in [2.45, 2.75) is 20.1 Å². The number of nitrogens with one attached hydrogen (secondary N) is 1. The van der Waals surface area contributed by atoms with E-state index in [4.69, 9.17) is 4.74 Å². The lowest BCUT2D eigenvalue weighted by atomic mass is 10.1.